The fourth-order valence-electron chi connectivity index (χ4n) is 4.14. The maximum atomic E-state index is 4.78. The highest BCUT2D eigenvalue weighted by Gasteiger charge is 2.25. The fourth-order valence-corrected chi connectivity index (χ4v) is 4.14. The van der Waals surface area contributed by atoms with Crippen molar-refractivity contribution in [1.82, 2.24) is 24.6 Å². The topological polar surface area (TPSA) is 70.9 Å². The van der Waals surface area contributed by atoms with E-state index in [0.717, 1.165) is 42.9 Å². The lowest BCUT2D eigenvalue weighted by molar-refractivity contribution is 0.119. The molecule has 2 N–H and O–H groups in total. The molecular weight excluding hydrogens is 326 g/mol. The monoisotopic (exact) mass is 355 g/mol. The van der Waals surface area contributed by atoms with Gasteiger partial charge in [-0.25, -0.2) is 4.98 Å². The fraction of sp³-hybridized carbons (Fsp3) is 0.632. The van der Waals surface area contributed by atoms with Crippen LogP contribution in [0.3, 0.4) is 0 Å². The third-order valence-electron chi connectivity index (χ3n) is 5.50. The van der Waals surface area contributed by atoms with Crippen LogP contribution in [-0.2, 0) is 19.6 Å². The minimum atomic E-state index is 0.639. The molecule has 2 aliphatic rings. The Labute approximate surface area is 155 Å². The van der Waals surface area contributed by atoms with Crippen LogP contribution in [0.1, 0.15) is 49.2 Å². The molecule has 0 unspecified atom stereocenters. The number of hydrogen-bond acceptors (Lipinski definition) is 6. The standard InChI is InChI=1S/C19H29N7/c1-14-10-18(23-19(20-2)22-14)21-12-15-11-17-13-25(8-9-26(17)24-15)16-6-4-3-5-7-16/h10-11,16H,3-9,12-13H2,1-2H3,(H2,20,21,22,23). The van der Waals surface area contributed by atoms with E-state index in [0.29, 0.717) is 12.5 Å². The minimum absolute atomic E-state index is 0.639. The molecule has 1 fully saturated rings. The summed E-state index contributed by atoms with van der Waals surface area (Å²) in [5.74, 6) is 1.47. The highest BCUT2D eigenvalue weighted by molar-refractivity contribution is 5.42. The van der Waals surface area contributed by atoms with E-state index in [1.54, 1.807) is 0 Å². The number of nitrogens with one attached hydrogen (secondary N) is 2. The van der Waals surface area contributed by atoms with Gasteiger partial charge in [0.05, 0.1) is 24.5 Å². The molecule has 2 aromatic heterocycles. The lowest BCUT2D eigenvalue weighted by atomic mass is 9.94. The number of aromatic nitrogens is 4. The van der Waals surface area contributed by atoms with Gasteiger partial charge in [0.1, 0.15) is 5.82 Å². The summed E-state index contributed by atoms with van der Waals surface area (Å²) in [5.41, 5.74) is 3.36. The Morgan fingerprint density at radius 2 is 1.96 bits per heavy atom. The summed E-state index contributed by atoms with van der Waals surface area (Å²) in [5, 5.41) is 11.2. The quantitative estimate of drug-likeness (QED) is 0.859. The molecule has 2 aromatic rings. The summed E-state index contributed by atoms with van der Waals surface area (Å²) in [6, 6.07) is 4.98. The van der Waals surface area contributed by atoms with E-state index < -0.39 is 0 Å². The molecule has 0 spiro atoms. The largest absolute Gasteiger partial charge is 0.364 e. The Morgan fingerprint density at radius 3 is 2.77 bits per heavy atom. The molecule has 1 saturated carbocycles. The molecule has 140 valence electrons. The molecule has 0 radical (unpaired) electrons. The Balaban J connectivity index is 1.39. The summed E-state index contributed by atoms with van der Waals surface area (Å²) in [6.07, 6.45) is 6.92. The number of nitrogens with zero attached hydrogens (tertiary/aromatic N) is 5. The van der Waals surface area contributed by atoms with E-state index in [4.69, 9.17) is 5.10 Å². The van der Waals surface area contributed by atoms with Crippen molar-refractivity contribution < 1.29 is 0 Å². The van der Waals surface area contributed by atoms with Crippen molar-refractivity contribution in [3.63, 3.8) is 0 Å². The van der Waals surface area contributed by atoms with Crippen molar-refractivity contribution in [2.24, 2.45) is 0 Å². The first-order chi connectivity index (χ1) is 12.7. The van der Waals surface area contributed by atoms with E-state index in [-0.39, 0.29) is 0 Å². The predicted molar refractivity (Wildman–Crippen MR) is 103 cm³/mol. The molecule has 0 bridgehead atoms. The van der Waals surface area contributed by atoms with Gasteiger partial charge in [0.15, 0.2) is 0 Å². The zero-order chi connectivity index (χ0) is 17.9. The van der Waals surface area contributed by atoms with Gasteiger partial charge in [-0.3, -0.25) is 9.58 Å². The van der Waals surface area contributed by atoms with E-state index >= 15 is 0 Å². The Hall–Kier alpha value is -2.15. The molecule has 0 atom stereocenters. The molecule has 4 rings (SSSR count). The van der Waals surface area contributed by atoms with Crippen molar-refractivity contribution in [3.05, 3.63) is 29.2 Å². The van der Waals surface area contributed by atoms with Crippen molar-refractivity contribution in [2.45, 2.75) is 64.7 Å². The van der Waals surface area contributed by atoms with E-state index in [1.165, 1.54) is 37.8 Å². The Bertz CT molecular complexity index is 748. The number of anilines is 2. The lowest BCUT2D eigenvalue weighted by Gasteiger charge is -2.36. The summed E-state index contributed by atoms with van der Waals surface area (Å²) in [7, 11) is 1.83. The molecule has 3 heterocycles. The average Bonchev–Trinajstić information content (AvgIpc) is 3.08. The van der Waals surface area contributed by atoms with Crippen LogP contribution in [0, 0.1) is 6.92 Å². The summed E-state index contributed by atoms with van der Waals surface area (Å²) in [4.78, 5) is 11.4. The average molecular weight is 355 g/mol. The maximum Gasteiger partial charge on any atom is 0.224 e. The Morgan fingerprint density at radius 1 is 1.12 bits per heavy atom. The van der Waals surface area contributed by atoms with Crippen molar-refractivity contribution in [2.75, 3.05) is 24.2 Å². The van der Waals surface area contributed by atoms with Gasteiger partial charge in [0, 0.05) is 37.9 Å². The van der Waals surface area contributed by atoms with Crippen LogP contribution >= 0.6 is 0 Å². The van der Waals surface area contributed by atoms with Crippen LogP contribution in [0.15, 0.2) is 12.1 Å². The van der Waals surface area contributed by atoms with Crippen molar-refractivity contribution >= 4 is 11.8 Å². The zero-order valence-corrected chi connectivity index (χ0v) is 15.8. The number of fused-ring (bicyclic) bond motifs is 1. The molecule has 7 nitrogen and oxygen atoms in total. The van der Waals surface area contributed by atoms with Crippen LogP contribution < -0.4 is 10.6 Å². The predicted octanol–water partition coefficient (Wildman–Crippen LogP) is 2.78. The summed E-state index contributed by atoms with van der Waals surface area (Å²) >= 11 is 0. The molecule has 0 saturated heterocycles. The lowest BCUT2D eigenvalue weighted by Crippen LogP contribution is -2.42. The first kappa shape index (κ1) is 17.3. The van der Waals surface area contributed by atoms with Gasteiger partial charge in [-0.2, -0.15) is 10.1 Å². The van der Waals surface area contributed by atoms with E-state index in [9.17, 15) is 0 Å². The summed E-state index contributed by atoms with van der Waals surface area (Å²) in [6.45, 7) is 5.82. The second kappa shape index (κ2) is 7.61. The highest BCUT2D eigenvalue weighted by Crippen LogP contribution is 2.26. The van der Waals surface area contributed by atoms with Crippen LogP contribution in [0.2, 0.25) is 0 Å². The number of aryl methyl sites for hydroxylation is 1. The van der Waals surface area contributed by atoms with E-state index in [2.05, 4.69) is 36.2 Å². The van der Waals surface area contributed by atoms with Crippen molar-refractivity contribution in [1.29, 1.82) is 0 Å². The third-order valence-corrected chi connectivity index (χ3v) is 5.50. The second-order valence-corrected chi connectivity index (χ2v) is 7.43. The normalized spacial score (nSPS) is 18.5. The van der Waals surface area contributed by atoms with Crippen LogP contribution in [0.25, 0.3) is 0 Å². The molecule has 26 heavy (non-hydrogen) atoms. The van der Waals surface area contributed by atoms with Gasteiger partial charge >= 0.3 is 0 Å². The van der Waals surface area contributed by atoms with Gasteiger partial charge in [0.2, 0.25) is 5.95 Å². The highest BCUT2D eigenvalue weighted by atomic mass is 15.3. The van der Waals surface area contributed by atoms with Gasteiger partial charge in [-0.1, -0.05) is 19.3 Å². The SMILES string of the molecule is CNc1nc(C)cc(NCc2cc3n(n2)CCN(C2CCCCC2)C3)n1. The molecule has 1 aliphatic carbocycles. The van der Waals surface area contributed by atoms with Crippen LogP contribution in [-0.4, -0.2) is 44.3 Å². The zero-order valence-electron chi connectivity index (χ0n) is 15.8. The second-order valence-electron chi connectivity index (χ2n) is 7.43. The first-order valence-electron chi connectivity index (χ1n) is 9.78. The van der Waals surface area contributed by atoms with Gasteiger partial charge in [-0.15, -0.1) is 0 Å². The number of hydrogen-bond donors (Lipinski definition) is 2. The Kier molecular flexibility index (Phi) is 5.06. The first-order valence-corrected chi connectivity index (χ1v) is 9.78. The maximum absolute atomic E-state index is 4.78. The molecule has 1 aliphatic heterocycles. The third kappa shape index (κ3) is 3.82. The van der Waals surface area contributed by atoms with Gasteiger partial charge < -0.3 is 10.6 Å². The smallest absolute Gasteiger partial charge is 0.224 e. The van der Waals surface area contributed by atoms with Gasteiger partial charge in [-0.05, 0) is 25.8 Å². The van der Waals surface area contributed by atoms with Gasteiger partial charge in [0.25, 0.3) is 0 Å². The van der Waals surface area contributed by atoms with Crippen LogP contribution in [0.4, 0.5) is 11.8 Å². The molecular formula is C19H29N7. The van der Waals surface area contributed by atoms with E-state index in [1.807, 2.05) is 20.0 Å². The molecule has 0 aromatic carbocycles. The molecule has 7 heteroatoms. The number of rotatable bonds is 5. The molecule has 0 amide bonds. The van der Waals surface area contributed by atoms with Crippen molar-refractivity contribution in [3.8, 4) is 0 Å². The summed E-state index contributed by atoms with van der Waals surface area (Å²) < 4.78 is 2.18. The minimum Gasteiger partial charge on any atom is -0.364 e. The van der Waals surface area contributed by atoms with Crippen LogP contribution in [0.5, 0.6) is 0 Å².